The number of carbonyl (C=O) groups excluding carboxylic acids is 2. The zero-order valence-corrected chi connectivity index (χ0v) is 18.3. The van der Waals surface area contributed by atoms with Crippen molar-refractivity contribution in [3.05, 3.63) is 58.1 Å². The fraction of sp³-hybridized carbons (Fsp3) is 0.211. The SMILES string of the molecule is COc1ccc(C=NNC(=O)CN(C)S(=O)(=O)c2ccc(NC(C)=O)cc2)cc1[N+](=O)[O-]. The molecule has 0 aliphatic rings. The van der Waals surface area contributed by atoms with E-state index in [2.05, 4.69) is 15.8 Å². The number of likely N-dealkylation sites (N-methyl/N-ethyl adjacent to an activating group) is 1. The molecule has 2 aromatic rings. The number of hydrogen-bond donors (Lipinski definition) is 2. The molecule has 2 N–H and O–H groups in total. The number of benzene rings is 2. The lowest BCUT2D eigenvalue weighted by atomic mass is 10.2. The monoisotopic (exact) mass is 463 g/mol. The van der Waals surface area contributed by atoms with Gasteiger partial charge in [0.2, 0.25) is 15.9 Å². The number of hydrogen-bond acceptors (Lipinski definition) is 8. The molecule has 0 aliphatic heterocycles. The lowest BCUT2D eigenvalue weighted by Gasteiger charge is -2.16. The Morgan fingerprint density at radius 2 is 1.88 bits per heavy atom. The van der Waals surface area contributed by atoms with E-state index in [1.807, 2.05) is 0 Å². The summed E-state index contributed by atoms with van der Waals surface area (Å²) < 4.78 is 30.9. The minimum absolute atomic E-state index is 0.0593. The summed E-state index contributed by atoms with van der Waals surface area (Å²) in [7, 11) is -1.43. The summed E-state index contributed by atoms with van der Waals surface area (Å²) in [6, 6.07) is 9.59. The van der Waals surface area contributed by atoms with Gasteiger partial charge in [0.15, 0.2) is 5.75 Å². The van der Waals surface area contributed by atoms with Gasteiger partial charge >= 0.3 is 5.69 Å². The number of carbonyl (C=O) groups is 2. The molecule has 2 amide bonds. The molecule has 32 heavy (non-hydrogen) atoms. The summed E-state index contributed by atoms with van der Waals surface area (Å²) in [6.07, 6.45) is 1.18. The van der Waals surface area contributed by atoms with Crippen LogP contribution in [0.3, 0.4) is 0 Å². The van der Waals surface area contributed by atoms with E-state index in [1.165, 1.54) is 69.8 Å². The first-order valence-corrected chi connectivity index (χ1v) is 10.5. The van der Waals surface area contributed by atoms with Crippen LogP contribution < -0.4 is 15.5 Å². The van der Waals surface area contributed by atoms with Crippen molar-refractivity contribution in [3.8, 4) is 5.75 Å². The lowest BCUT2D eigenvalue weighted by Crippen LogP contribution is -2.36. The first kappa shape index (κ1) is 24.4. The number of nitro groups is 1. The van der Waals surface area contributed by atoms with Gasteiger partial charge in [0.25, 0.3) is 5.91 Å². The number of nitrogens with zero attached hydrogens (tertiary/aromatic N) is 3. The Labute approximate surface area is 184 Å². The second-order valence-corrected chi connectivity index (χ2v) is 8.49. The van der Waals surface area contributed by atoms with Crippen LogP contribution in [-0.4, -0.2) is 56.4 Å². The van der Waals surface area contributed by atoms with Crippen LogP contribution in [0.1, 0.15) is 12.5 Å². The number of methoxy groups -OCH3 is 1. The summed E-state index contributed by atoms with van der Waals surface area (Å²) in [6.45, 7) is 0.811. The summed E-state index contributed by atoms with van der Waals surface area (Å²) in [5.74, 6) is -0.933. The van der Waals surface area contributed by atoms with E-state index in [1.54, 1.807) is 0 Å². The zero-order valence-electron chi connectivity index (χ0n) is 17.4. The fourth-order valence-corrected chi connectivity index (χ4v) is 3.65. The summed E-state index contributed by atoms with van der Waals surface area (Å²) in [5.41, 5.74) is 2.67. The van der Waals surface area contributed by atoms with E-state index in [0.29, 0.717) is 11.3 Å². The highest BCUT2D eigenvalue weighted by Crippen LogP contribution is 2.26. The Balaban J connectivity index is 2.01. The molecule has 0 spiro atoms. The van der Waals surface area contributed by atoms with Gasteiger partial charge in [-0.2, -0.15) is 9.41 Å². The van der Waals surface area contributed by atoms with Crippen molar-refractivity contribution in [3.63, 3.8) is 0 Å². The third-order valence-corrected chi connectivity index (χ3v) is 5.87. The van der Waals surface area contributed by atoms with Gasteiger partial charge in [-0.15, -0.1) is 0 Å². The first-order valence-electron chi connectivity index (χ1n) is 9.03. The van der Waals surface area contributed by atoms with Crippen molar-refractivity contribution < 1.29 is 27.7 Å². The number of amides is 2. The molecule has 0 fully saturated rings. The zero-order chi connectivity index (χ0) is 23.9. The van der Waals surface area contributed by atoms with Gasteiger partial charge in [-0.1, -0.05) is 0 Å². The van der Waals surface area contributed by atoms with Crippen molar-refractivity contribution in [2.75, 3.05) is 26.0 Å². The Hall–Kier alpha value is -3.84. The van der Waals surface area contributed by atoms with Crippen molar-refractivity contribution in [2.24, 2.45) is 5.10 Å². The number of rotatable bonds is 9. The predicted octanol–water partition coefficient (Wildman–Crippen LogP) is 1.33. The molecule has 12 nitrogen and oxygen atoms in total. The van der Waals surface area contributed by atoms with Crippen LogP contribution in [0.2, 0.25) is 0 Å². The van der Waals surface area contributed by atoms with E-state index in [-0.39, 0.29) is 22.2 Å². The molecule has 0 unspecified atom stereocenters. The minimum Gasteiger partial charge on any atom is -0.490 e. The van der Waals surface area contributed by atoms with Gasteiger partial charge in [0.05, 0.1) is 29.7 Å². The molecular weight excluding hydrogens is 442 g/mol. The van der Waals surface area contributed by atoms with Crippen LogP contribution >= 0.6 is 0 Å². The maximum Gasteiger partial charge on any atom is 0.311 e. The summed E-state index contributed by atoms with van der Waals surface area (Å²) in [5, 5.41) is 17.3. The first-order chi connectivity index (χ1) is 15.0. The van der Waals surface area contributed by atoms with E-state index in [9.17, 15) is 28.1 Å². The minimum atomic E-state index is -3.96. The van der Waals surface area contributed by atoms with E-state index in [0.717, 1.165) is 4.31 Å². The highest BCUT2D eigenvalue weighted by molar-refractivity contribution is 7.89. The Kier molecular flexibility index (Phi) is 7.98. The topological polar surface area (TPSA) is 160 Å². The van der Waals surface area contributed by atoms with E-state index in [4.69, 9.17) is 4.74 Å². The highest BCUT2D eigenvalue weighted by Gasteiger charge is 2.23. The van der Waals surface area contributed by atoms with Crippen molar-refractivity contribution in [1.82, 2.24) is 9.73 Å². The molecular formula is C19H21N5O7S. The van der Waals surface area contributed by atoms with Gasteiger partial charge in [-0.05, 0) is 36.4 Å². The third kappa shape index (κ3) is 6.33. The number of nitrogens with one attached hydrogen (secondary N) is 2. The summed E-state index contributed by atoms with van der Waals surface area (Å²) >= 11 is 0. The van der Waals surface area contributed by atoms with Gasteiger partial charge in [0, 0.05) is 31.3 Å². The molecule has 2 aromatic carbocycles. The molecule has 0 radical (unpaired) electrons. The van der Waals surface area contributed by atoms with Gasteiger partial charge in [0.1, 0.15) is 0 Å². The Bertz CT molecular complexity index is 1150. The number of ether oxygens (including phenoxy) is 1. The Morgan fingerprint density at radius 1 is 1.22 bits per heavy atom. The van der Waals surface area contributed by atoms with E-state index >= 15 is 0 Å². The van der Waals surface area contributed by atoms with Crippen LogP contribution in [0.4, 0.5) is 11.4 Å². The lowest BCUT2D eigenvalue weighted by molar-refractivity contribution is -0.385. The number of hydrazone groups is 1. The van der Waals surface area contributed by atoms with Gasteiger partial charge in [-0.25, -0.2) is 13.8 Å². The third-order valence-electron chi connectivity index (χ3n) is 4.05. The molecule has 0 bridgehead atoms. The summed E-state index contributed by atoms with van der Waals surface area (Å²) in [4.78, 5) is 33.5. The maximum absolute atomic E-state index is 12.6. The van der Waals surface area contributed by atoms with Gasteiger partial charge < -0.3 is 10.1 Å². The molecule has 0 atom stereocenters. The predicted molar refractivity (Wildman–Crippen MR) is 116 cm³/mol. The Morgan fingerprint density at radius 3 is 2.44 bits per heavy atom. The van der Waals surface area contributed by atoms with Crippen molar-refractivity contribution >= 4 is 39.4 Å². The average molecular weight is 463 g/mol. The van der Waals surface area contributed by atoms with Crippen LogP contribution in [0.15, 0.2) is 52.5 Å². The quantitative estimate of drug-likeness (QED) is 0.322. The molecule has 0 heterocycles. The van der Waals surface area contributed by atoms with Crippen LogP contribution in [0.25, 0.3) is 0 Å². The number of anilines is 1. The second-order valence-electron chi connectivity index (χ2n) is 6.45. The molecule has 0 saturated heterocycles. The number of nitro benzene ring substituents is 1. The highest BCUT2D eigenvalue weighted by atomic mass is 32.2. The van der Waals surface area contributed by atoms with Crippen molar-refractivity contribution in [1.29, 1.82) is 0 Å². The molecule has 0 saturated carbocycles. The normalized spacial score (nSPS) is 11.4. The molecule has 2 rings (SSSR count). The molecule has 0 aliphatic carbocycles. The smallest absolute Gasteiger partial charge is 0.311 e. The molecule has 13 heteroatoms. The largest absolute Gasteiger partial charge is 0.490 e. The fourth-order valence-electron chi connectivity index (χ4n) is 2.52. The van der Waals surface area contributed by atoms with Crippen LogP contribution in [0, 0.1) is 10.1 Å². The van der Waals surface area contributed by atoms with E-state index < -0.39 is 27.4 Å². The van der Waals surface area contributed by atoms with Crippen LogP contribution in [-0.2, 0) is 19.6 Å². The standard InChI is InChI=1S/C19H21N5O7S/c1-13(25)21-15-5-7-16(8-6-15)32(29,30)23(2)12-19(26)22-20-11-14-4-9-18(31-3)17(10-14)24(27)28/h4-11H,12H2,1-3H3,(H,21,25)(H,22,26). The average Bonchev–Trinajstić information content (AvgIpc) is 2.73. The molecule has 170 valence electrons. The van der Waals surface area contributed by atoms with Gasteiger partial charge in [-0.3, -0.25) is 19.7 Å². The van der Waals surface area contributed by atoms with Crippen LogP contribution in [0.5, 0.6) is 5.75 Å². The second kappa shape index (κ2) is 10.5. The maximum atomic E-state index is 12.6. The molecule has 0 aromatic heterocycles. The number of sulfonamides is 1. The van der Waals surface area contributed by atoms with Crippen molar-refractivity contribution in [2.45, 2.75) is 11.8 Å².